The number of nitrogens with zero attached hydrogens (tertiary/aromatic N) is 2. The summed E-state index contributed by atoms with van der Waals surface area (Å²) in [6.07, 6.45) is -0.534. The Balaban J connectivity index is 1.20. The summed E-state index contributed by atoms with van der Waals surface area (Å²) in [7, 11) is 0. The number of fused-ring (bicyclic) bond motifs is 3. The molecule has 1 heterocycles. The van der Waals surface area contributed by atoms with Crippen molar-refractivity contribution >= 4 is 18.0 Å². The molecule has 202 valence electrons. The molecule has 0 radical (unpaired) electrons. The van der Waals surface area contributed by atoms with Crippen molar-refractivity contribution in [3.63, 3.8) is 0 Å². The molecule has 1 unspecified atom stereocenters. The minimum atomic E-state index is -1.20. The summed E-state index contributed by atoms with van der Waals surface area (Å²) in [5.74, 6) is -1.68. The highest BCUT2D eigenvalue weighted by Crippen LogP contribution is 2.44. The largest absolute Gasteiger partial charge is 0.481 e. The minimum absolute atomic E-state index is 0.0893. The van der Waals surface area contributed by atoms with Gasteiger partial charge in [-0.3, -0.25) is 14.5 Å². The first-order valence-corrected chi connectivity index (χ1v) is 13.4. The molecule has 1 aliphatic carbocycles. The van der Waals surface area contributed by atoms with Gasteiger partial charge in [-0.15, -0.1) is 0 Å². The van der Waals surface area contributed by atoms with Crippen molar-refractivity contribution < 1.29 is 24.2 Å². The van der Waals surface area contributed by atoms with Crippen molar-refractivity contribution in [2.45, 2.75) is 31.3 Å². The lowest BCUT2D eigenvalue weighted by atomic mass is 9.98. The van der Waals surface area contributed by atoms with Gasteiger partial charge in [0.25, 0.3) is 0 Å². The molecule has 39 heavy (non-hydrogen) atoms. The van der Waals surface area contributed by atoms with E-state index in [0.29, 0.717) is 19.6 Å². The van der Waals surface area contributed by atoms with Crippen molar-refractivity contribution in [1.82, 2.24) is 15.1 Å². The van der Waals surface area contributed by atoms with Crippen LogP contribution in [-0.2, 0) is 20.9 Å². The number of rotatable bonds is 8. The zero-order valence-corrected chi connectivity index (χ0v) is 21.8. The smallest absolute Gasteiger partial charge is 0.407 e. The van der Waals surface area contributed by atoms with E-state index in [-0.39, 0.29) is 12.5 Å². The first kappa shape index (κ1) is 26.4. The molecule has 0 aromatic heterocycles. The Kier molecular flexibility index (Phi) is 8.22. The van der Waals surface area contributed by atoms with E-state index in [0.717, 1.165) is 41.8 Å². The number of ether oxygens (including phenoxy) is 1. The second kappa shape index (κ2) is 12.1. The van der Waals surface area contributed by atoms with Gasteiger partial charge >= 0.3 is 12.1 Å². The van der Waals surface area contributed by atoms with Gasteiger partial charge in [-0.05, 0) is 34.2 Å². The number of hydrogen-bond donors (Lipinski definition) is 2. The molecular formula is C31H33N3O5. The Morgan fingerprint density at radius 1 is 0.846 bits per heavy atom. The summed E-state index contributed by atoms with van der Waals surface area (Å²) in [6.45, 7) is 3.36. The molecule has 3 aromatic rings. The van der Waals surface area contributed by atoms with Crippen LogP contribution >= 0.6 is 0 Å². The normalized spacial score (nSPS) is 16.1. The maximum Gasteiger partial charge on any atom is 0.407 e. The van der Waals surface area contributed by atoms with Gasteiger partial charge in [0.15, 0.2) is 0 Å². The fraction of sp³-hybridized carbons (Fsp3) is 0.323. The highest BCUT2D eigenvalue weighted by Gasteiger charge is 2.32. The number of hydrogen-bond acceptors (Lipinski definition) is 5. The molecule has 3 aromatic carbocycles. The third-order valence-electron chi connectivity index (χ3n) is 7.46. The molecule has 2 aliphatic rings. The number of carboxylic acid groups (broad SMARTS) is 1. The molecular weight excluding hydrogens is 494 g/mol. The van der Waals surface area contributed by atoms with Crippen LogP contribution in [0.5, 0.6) is 0 Å². The van der Waals surface area contributed by atoms with Gasteiger partial charge in [-0.25, -0.2) is 4.79 Å². The number of aliphatic carboxylic acids is 1. The minimum Gasteiger partial charge on any atom is -0.481 e. The molecule has 0 saturated carbocycles. The van der Waals surface area contributed by atoms with Crippen molar-refractivity contribution in [1.29, 1.82) is 0 Å². The van der Waals surface area contributed by atoms with Gasteiger partial charge in [0.2, 0.25) is 5.91 Å². The van der Waals surface area contributed by atoms with Crippen molar-refractivity contribution in [2.75, 3.05) is 32.8 Å². The van der Waals surface area contributed by atoms with Crippen LogP contribution in [0.1, 0.15) is 35.4 Å². The fourth-order valence-electron chi connectivity index (χ4n) is 5.57. The first-order valence-electron chi connectivity index (χ1n) is 13.4. The molecule has 8 nitrogen and oxygen atoms in total. The third kappa shape index (κ3) is 6.29. The Morgan fingerprint density at radius 3 is 2.15 bits per heavy atom. The number of carboxylic acids is 1. The predicted octanol–water partition coefficient (Wildman–Crippen LogP) is 4.10. The maximum absolute atomic E-state index is 13.3. The molecule has 1 aliphatic heterocycles. The van der Waals surface area contributed by atoms with Crippen LogP contribution in [-0.4, -0.2) is 71.7 Å². The molecule has 1 fully saturated rings. The number of carbonyl (C=O) groups excluding carboxylic acids is 2. The summed E-state index contributed by atoms with van der Waals surface area (Å²) in [6, 6.07) is 25.0. The van der Waals surface area contributed by atoms with E-state index in [1.165, 1.54) is 5.56 Å². The summed E-state index contributed by atoms with van der Waals surface area (Å²) in [5.41, 5.74) is 5.59. The summed E-state index contributed by atoms with van der Waals surface area (Å²) in [4.78, 5) is 41.7. The average Bonchev–Trinajstić information content (AvgIpc) is 3.07. The average molecular weight is 528 g/mol. The van der Waals surface area contributed by atoms with Crippen LogP contribution in [0, 0.1) is 0 Å². The Hall–Kier alpha value is -4.17. The number of alkyl carbamates (subject to hydrolysis) is 1. The molecule has 1 saturated heterocycles. The van der Waals surface area contributed by atoms with Gasteiger partial charge in [0.1, 0.15) is 12.6 Å². The molecule has 0 bridgehead atoms. The van der Waals surface area contributed by atoms with Crippen LogP contribution in [0.2, 0.25) is 0 Å². The number of nitrogens with one attached hydrogen (secondary N) is 1. The van der Waals surface area contributed by atoms with Crippen LogP contribution in [0.3, 0.4) is 0 Å². The van der Waals surface area contributed by atoms with E-state index >= 15 is 0 Å². The van der Waals surface area contributed by atoms with E-state index in [1.807, 2.05) is 54.6 Å². The summed E-state index contributed by atoms with van der Waals surface area (Å²) >= 11 is 0. The molecule has 1 atom stereocenters. The highest BCUT2D eigenvalue weighted by atomic mass is 16.5. The zero-order chi connectivity index (χ0) is 27.2. The molecule has 0 spiro atoms. The zero-order valence-electron chi connectivity index (χ0n) is 21.8. The second-order valence-electron chi connectivity index (χ2n) is 10.1. The Labute approximate surface area is 228 Å². The Morgan fingerprint density at radius 2 is 1.49 bits per heavy atom. The van der Waals surface area contributed by atoms with Crippen LogP contribution in [0.25, 0.3) is 11.1 Å². The first-order chi connectivity index (χ1) is 19.0. The van der Waals surface area contributed by atoms with Crippen LogP contribution in [0.4, 0.5) is 4.79 Å². The monoisotopic (exact) mass is 527 g/mol. The summed E-state index contributed by atoms with van der Waals surface area (Å²) in [5, 5.41) is 12.0. The SMILES string of the molecule is O=C(O)CC(NC(=O)OCC1c2ccccc2-c2ccccc21)C(=O)N1CCCN(Cc2ccccc2)CC1. The summed E-state index contributed by atoms with van der Waals surface area (Å²) < 4.78 is 5.58. The lowest BCUT2D eigenvalue weighted by Crippen LogP contribution is -2.50. The van der Waals surface area contributed by atoms with Gasteiger partial charge < -0.3 is 20.1 Å². The molecule has 2 N–H and O–H groups in total. The van der Waals surface area contributed by atoms with Crippen molar-refractivity contribution in [2.24, 2.45) is 0 Å². The molecule has 8 heteroatoms. The third-order valence-corrected chi connectivity index (χ3v) is 7.46. The van der Waals surface area contributed by atoms with Crippen LogP contribution < -0.4 is 5.32 Å². The van der Waals surface area contributed by atoms with E-state index in [2.05, 4.69) is 34.5 Å². The van der Waals surface area contributed by atoms with Gasteiger partial charge in [0, 0.05) is 38.6 Å². The van der Waals surface area contributed by atoms with E-state index < -0.39 is 30.4 Å². The van der Waals surface area contributed by atoms with Gasteiger partial charge in [-0.1, -0.05) is 78.9 Å². The second-order valence-corrected chi connectivity index (χ2v) is 10.1. The lowest BCUT2D eigenvalue weighted by Gasteiger charge is -2.26. The van der Waals surface area contributed by atoms with Crippen LogP contribution in [0.15, 0.2) is 78.9 Å². The van der Waals surface area contributed by atoms with E-state index in [4.69, 9.17) is 4.74 Å². The molecule has 5 rings (SSSR count). The number of carbonyl (C=O) groups is 3. The fourth-order valence-corrected chi connectivity index (χ4v) is 5.57. The lowest BCUT2D eigenvalue weighted by molar-refractivity contribution is -0.142. The van der Waals surface area contributed by atoms with Gasteiger partial charge in [0.05, 0.1) is 6.42 Å². The van der Waals surface area contributed by atoms with Gasteiger partial charge in [-0.2, -0.15) is 0 Å². The highest BCUT2D eigenvalue weighted by molar-refractivity contribution is 5.89. The number of benzene rings is 3. The van der Waals surface area contributed by atoms with E-state index in [1.54, 1.807) is 4.90 Å². The number of amides is 2. The predicted molar refractivity (Wildman–Crippen MR) is 147 cm³/mol. The standard InChI is InChI=1S/C31H33N3O5/c35-29(36)19-28(30(37)34-16-8-15-33(17-18-34)20-22-9-2-1-3-10-22)32-31(38)39-21-27-25-13-6-4-11-23(25)24-12-5-7-14-26(24)27/h1-7,9-14,27-28H,8,15-21H2,(H,32,38)(H,35,36). The maximum atomic E-state index is 13.3. The topological polar surface area (TPSA) is 99.2 Å². The van der Waals surface area contributed by atoms with Crippen molar-refractivity contribution in [3.05, 3.63) is 95.6 Å². The molecule has 2 amide bonds. The quantitative estimate of drug-likeness (QED) is 0.458. The van der Waals surface area contributed by atoms with E-state index in [9.17, 15) is 19.5 Å². The van der Waals surface area contributed by atoms with Crippen molar-refractivity contribution in [3.8, 4) is 11.1 Å². The Bertz CT molecular complexity index is 1280.